The lowest BCUT2D eigenvalue weighted by atomic mass is 10.1. The second kappa shape index (κ2) is 7.76. The summed E-state index contributed by atoms with van der Waals surface area (Å²) in [5.41, 5.74) is 2.72. The lowest BCUT2D eigenvalue weighted by Gasteiger charge is -2.36. The van der Waals surface area contributed by atoms with E-state index in [1.165, 1.54) is 11.1 Å². The third-order valence-electron chi connectivity index (χ3n) is 3.85. The molecular weight excluding hydrogens is 278 g/mol. The van der Waals surface area contributed by atoms with Crippen molar-refractivity contribution in [3.8, 4) is 0 Å². The first-order valence-corrected chi connectivity index (χ1v) is 8.26. The van der Waals surface area contributed by atoms with Crippen molar-refractivity contribution in [2.24, 2.45) is 5.92 Å². The van der Waals surface area contributed by atoms with E-state index in [1.807, 2.05) is 0 Å². The molecule has 1 aromatic carbocycles. The molecule has 0 spiro atoms. The summed E-state index contributed by atoms with van der Waals surface area (Å²) in [4.78, 5) is 4.80. The van der Waals surface area contributed by atoms with Gasteiger partial charge in [-0.1, -0.05) is 43.7 Å². The van der Waals surface area contributed by atoms with Gasteiger partial charge in [0.25, 0.3) is 0 Å². The van der Waals surface area contributed by atoms with Crippen LogP contribution in [0.5, 0.6) is 0 Å². The van der Waals surface area contributed by atoms with E-state index in [0.717, 1.165) is 44.4 Å². The lowest BCUT2D eigenvalue weighted by Crippen LogP contribution is -2.51. The first kappa shape index (κ1) is 16.2. The average Bonchev–Trinajstić information content (AvgIpc) is 2.48. The van der Waals surface area contributed by atoms with E-state index in [1.54, 1.807) is 0 Å². The fraction of sp³-hybridized carbons (Fsp3) is 0.588. The predicted molar refractivity (Wildman–Crippen MR) is 93.5 cm³/mol. The van der Waals surface area contributed by atoms with Crippen molar-refractivity contribution in [2.75, 3.05) is 32.7 Å². The second-order valence-corrected chi connectivity index (χ2v) is 6.72. The van der Waals surface area contributed by atoms with Crippen LogP contribution in [0.25, 0.3) is 0 Å². The molecule has 116 valence electrons. The summed E-state index contributed by atoms with van der Waals surface area (Å²) in [5.74, 6) is 0.630. The number of hydrogen-bond donors (Lipinski definition) is 1. The second-order valence-electron chi connectivity index (χ2n) is 6.33. The Morgan fingerprint density at radius 1 is 1.14 bits per heavy atom. The van der Waals surface area contributed by atoms with E-state index in [0.29, 0.717) is 5.92 Å². The molecule has 0 amide bonds. The third kappa shape index (κ3) is 5.29. The Balaban J connectivity index is 1.75. The quantitative estimate of drug-likeness (QED) is 0.862. The molecule has 1 aromatic rings. The minimum Gasteiger partial charge on any atom is -0.362 e. The molecule has 0 unspecified atom stereocenters. The fourth-order valence-corrected chi connectivity index (χ4v) is 2.73. The normalized spacial score (nSPS) is 16.3. The maximum absolute atomic E-state index is 5.47. The Morgan fingerprint density at radius 3 is 2.33 bits per heavy atom. The zero-order chi connectivity index (χ0) is 15.2. The number of nitrogens with zero attached hydrogens (tertiary/aromatic N) is 2. The SMILES string of the molecule is Cc1ccc(CN2CCN(C(=S)NCC(C)C)CC2)cc1. The molecule has 4 heteroatoms. The van der Waals surface area contributed by atoms with Crippen molar-refractivity contribution in [3.05, 3.63) is 35.4 Å². The number of aryl methyl sites for hydroxylation is 1. The van der Waals surface area contributed by atoms with Gasteiger partial charge in [0.2, 0.25) is 0 Å². The number of piperazine rings is 1. The van der Waals surface area contributed by atoms with Gasteiger partial charge < -0.3 is 10.2 Å². The minimum atomic E-state index is 0.630. The topological polar surface area (TPSA) is 18.5 Å². The summed E-state index contributed by atoms with van der Waals surface area (Å²) in [6, 6.07) is 8.85. The molecule has 0 bridgehead atoms. The standard InChI is InChI=1S/C17H27N3S/c1-14(2)12-18-17(21)20-10-8-19(9-11-20)13-16-6-4-15(3)5-7-16/h4-7,14H,8-13H2,1-3H3,(H,18,21). The van der Waals surface area contributed by atoms with Crippen LogP contribution in [0.2, 0.25) is 0 Å². The molecule has 1 aliphatic rings. The van der Waals surface area contributed by atoms with E-state index >= 15 is 0 Å². The molecule has 2 rings (SSSR count). The van der Waals surface area contributed by atoms with Crippen LogP contribution in [0.15, 0.2) is 24.3 Å². The molecule has 21 heavy (non-hydrogen) atoms. The molecule has 1 aliphatic heterocycles. The van der Waals surface area contributed by atoms with Gasteiger partial charge in [-0.15, -0.1) is 0 Å². The van der Waals surface area contributed by atoms with Crippen LogP contribution < -0.4 is 5.32 Å². The molecule has 0 saturated carbocycles. The molecule has 1 heterocycles. The van der Waals surface area contributed by atoms with Crippen molar-refractivity contribution in [3.63, 3.8) is 0 Å². The van der Waals surface area contributed by atoms with Crippen molar-refractivity contribution < 1.29 is 0 Å². The van der Waals surface area contributed by atoms with Gasteiger partial charge in [-0.05, 0) is 30.6 Å². The predicted octanol–water partition coefficient (Wildman–Crippen LogP) is 2.64. The fourth-order valence-electron chi connectivity index (χ4n) is 2.46. The first-order valence-electron chi connectivity index (χ1n) is 7.85. The summed E-state index contributed by atoms with van der Waals surface area (Å²) in [6.45, 7) is 12.8. The van der Waals surface area contributed by atoms with Gasteiger partial charge in [-0.25, -0.2) is 0 Å². The van der Waals surface area contributed by atoms with Crippen molar-refractivity contribution >= 4 is 17.3 Å². The summed E-state index contributed by atoms with van der Waals surface area (Å²) in [6.07, 6.45) is 0. The van der Waals surface area contributed by atoms with Crippen LogP contribution in [0.3, 0.4) is 0 Å². The van der Waals surface area contributed by atoms with Gasteiger partial charge in [-0.2, -0.15) is 0 Å². The van der Waals surface area contributed by atoms with E-state index in [9.17, 15) is 0 Å². The van der Waals surface area contributed by atoms with E-state index in [4.69, 9.17) is 12.2 Å². The zero-order valence-corrected chi connectivity index (χ0v) is 14.2. The van der Waals surface area contributed by atoms with Gasteiger partial charge in [0.05, 0.1) is 0 Å². The smallest absolute Gasteiger partial charge is 0.169 e. The van der Waals surface area contributed by atoms with E-state index in [-0.39, 0.29) is 0 Å². The highest BCUT2D eigenvalue weighted by Gasteiger charge is 2.18. The van der Waals surface area contributed by atoms with E-state index < -0.39 is 0 Å². The maximum Gasteiger partial charge on any atom is 0.169 e. The highest BCUT2D eigenvalue weighted by molar-refractivity contribution is 7.80. The first-order chi connectivity index (χ1) is 10.0. The highest BCUT2D eigenvalue weighted by Crippen LogP contribution is 2.10. The molecule has 0 aliphatic carbocycles. The summed E-state index contributed by atoms with van der Waals surface area (Å²) < 4.78 is 0. The van der Waals surface area contributed by atoms with Crippen LogP contribution >= 0.6 is 12.2 Å². The molecule has 0 radical (unpaired) electrons. The van der Waals surface area contributed by atoms with Gasteiger partial charge in [0.1, 0.15) is 0 Å². The van der Waals surface area contributed by atoms with Crippen molar-refractivity contribution in [1.29, 1.82) is 0 Å². The monoisotopic (exact) mass is 305 g/mol. The molecule has 0 aromatic heterocycles. The molecular formula is C17H27N3S. The third-order valence-corrected chi connectivity index (χ3v) is 4.25. The molecule has 3 nitrogen and oxygen atoms in total. The van der Waals surface area contributed by atoms with Crippen LogP contribution in [0.1, 0.15) is 25.0 Å². The number of rotatable bonds is 4. The zero-order valence-electron chi connectivity index (χ0n) is 13.4. The summed E-state index contributed by atoms with van der Waals surface area (Å²) in [7, 11) is 0. The average molecular weight is 305 g/mol. The van der Waals surface area contributed by atoms with Crippen molar-refractivity contribution in [1.82, 2.24) is 15.1 Å². The number of nitrogens with one attached hydrogen (secondary N) is 1. The van der Waals surface area contributed by atoms with Crippen LogP contribution in [-0.4, -0.2) is 47.6 Å². The maximum atomic E-state index is 5.47. The number of thiocarbonyl (C=S) groups is 1. The van der Waals surface area contributed by atoms with Gasteiger partial charge in [-0.3, -0.25) is 4.90 Å². The van der Waals surface area contributed by atoms with E-state index in [2.05, 4.69) is 60.2 Å². The largest absolute Gasteiger partial charge is 0.362 e. The number of benzene rings is 1. The van der Waals surface area contributed by atoms with Crippen LogP contribution in [-0.2, 0) is 6.54 Å². The number of hydrogen-bond acceptors (Lipinski definition) is 2. The van der Waals surface area contributed by atoms with Gasteiger partial charge in [0.15, 0.2) is 5.11 Å². The Bertz CT molecular complexity index is 448. The van der Waals surface area contributed by atoms with Crippen LogP contribution in [0, 0.1) is 12.8 Å². The Kier molecular flexibility index (Phi) is 6.00. The molecule has 1 saturated heterocycles. The molecule has 0 atom stereocenters. The highest BCUT2D eigenvalue weighted by atomic mass is 32.1. The Labute approximate surface area is 134 Å². The summed E-state index contributed by atoms with van der Waals surface area (Å²) in [5, 5.41) is 4.28. The molecule has 1 fully saturated rings. The van der Waals surface area contributed by atoms with Crippen LogP contribution in [0.4, 0.5) is 0 Å². The van der Waals surface area contributed by atoms with Gasteiger partial charge in [0, 0.05) is 39.3 Å². The molecule has 1 N–H and O–H groups in total. The Hall–Kier alpha value is -1.13. The minimum absolute atomic E-state index is 0.630. The summed E-state index contributed by atoms with van der Waals surface area (Å²) >= 11 is 5.47. The van der Waals surface area contributed by atoms with Crippen molar-refractivity contribution in [2.45, 2.75) is 27.3 Å². The lowest BCUT2D eigenvalue weighted by molar-refractivity contribution is 0.174. The van der Waals surface area contributed by atoms with Gasteiger partial charge >= 0.3 is 0 Å². The Morgan fingerprint density at radius 2 is 1.76 bits per heavy atom.